The van der Waals surface area contributed by atoms with Crippen LogP contribution in [0.3, 0.4) is 0 Å². The Morgan fingerprint density at radius 1 is 0.878 bits per heavy atom. The van der Waals surface area contributed by atoms with Crippen molar-refractivity contribution in [2.45, 2.75) is 90.8 Å². The van der Waals surface area contributed by atoms with Gasteiger partial charge in [0.05, 0.1) is 13.2 Å². The molecule has 2 aromatic carbocycles. The van der Waals surface area contributed by atoms with Gasteiger partial charge in [-0.25, -0.2) is 13.8 Å². The van der Waals surface area contributed by atoms with E-state index in [1.54, 1.807) is 11.9 Å². The summed E-state index contributed by atoms with van der Waals surface area (Å²) in [4.78, 5) is 42.7. The third-order valence-electron chi connectivity index (χ3n) is 7.29. The molecule has 14 heteroatoms. The Bertz CT molecular complexity index is 1180. The van der Waals surface area contributed by atoms with Crippen molar-refractivity contribution >= 4 is 84.0 Å². The van der Waals surface area contributed by atoms with E-state index in [0.29, 0.717) is 18.5 Å². The molecule has 2 amide bonds. The van der Waals surface area contributed by atoms with Crippen molar-refractivity contribution in [2.24, 2.45) is 0 Å². The first-order valence-electron chi connectivity index (χ1n) is 15.7. The minimum atomic E-state index is -0.545. The van der Waals surface area contributed by atoms with Gasteiger partial charge in [0, 0.05) is 55.1 Å². The second kappa shape index (κ2) is 27.8. The van der Waals surface area contributed by atoms with Crippen LogP contribution in [0.1, 0.15) is 80.8 Å². The minimum absolute atomic E-state index is 0. The number of halogens is 2. The first-order valence-corrected chi connectivity index (χ1v) is 16.4. The number of ether oxygens (including phenoxy) is 2. The molecule has 274 valence electrons. The number of rotatable bonds is 4. The number of hydrogen-bond donors (Lipinski definition) is 0. The van der Waals surface area contributed by atoms with Crippen LogP contribution in [-0.4, -0.2) is 113 Å². The maximum atomic E-state index is 12.6. The summed E-state index contributed by atoms with van der Waals surface area (Å²) in [7, 11) is 3.12. The fourth-order valence-electron chi connectivity index (χ4n) is 4.74. The van der Waals surface area contributed by atoms with E-state index in [2.05, 4.69) is 29.1 Å². The van der Waals surface area contributed by atoms with E-state index in [1.165, 1.54) is 30.6 Å². The fourth-order valence-corrected chi connectivity index (χ4v) is 5.37. The molecule has 0 N–H and O–H groups in total. The average Bonchev–Trinajstić information content (AvgIpc) is 3.81. The quantitative estimate of drug-likeness (QED) is 0.152. The summed E-state index contributed by atoms with van der Waals surface area (Å²) in [5, 5.41) is 1.27. The van der Waals surface area contributed by atoms with Gasteiger partial charge in [0.15, 0.2) is 5.78 Å². The van der Waals surface area contributed by atoms with Crippen molar-refractivity contribution < 1.29 is 45.7 Å². The van der Waals surface area contributed by atoms with Gasteiger partial charge in [-0.05, 0) is 66.2 Å². The molecule has 0 spiro atoms. The van der Waals surface area contributed by atoms with Gasteiger partial charge in [-0.1, -0.05) is 36.8 Å². The molecule has 3 aliphatic rings. The second-order valence-electron chi connectivity index (χ2n) is 12.3. The van der Waals surface area contributed by atoms with E-state index >= 15 is 0 Å². The molecular formula is C35H55Br2MgN3O6S2. The number of ketones is 1. The molecule has 0 aliphatic carbocycles. The van der Waals surface area contributed by atoms with Crippen LogP contribution in [0.25, 0.3) is 0 Å². The van der Waals surface area contributed by atoms with Crippen LogP contribution >= 0.6 is 43.1 Å². The number of Topliss-reactive ketones (excluding diaryl/α,β-unsaturated/α-hetero) is 1. The first-order chi connectivity index (χ1) is 21.3. The molecular weight excluding hydrogens is 807 g/mol. The van der Waals surface area contributed by atoms with Gasteiger partial charge in [-0.2, -0.15) is 62.9 Å². The van der Waals surface area contributed by atoms with Gasteiger partial charge in [0.25, 0.3) is 5.91 Å². The summed E-state index contributed by atoms with van der Waals surface area (Å²) in [6, 6.07) is 17.8. The van der Waals surface area contributed by atoms with Crippen LogP contribution < -0.4 is 17.0 Å². The SMILES string of the molecule is C1CCOC1.CON(C)C(=O)[C@@H]1CCCN1Br.Cc1cc[c-]cc1.Cc1ccc(C(=O)[C@@H]2CCCN2C(=O)OC(C)(C)C)cc1.S.S.[Br-].[Mg+2]. The Balaban J connectivity index is -0.000000640. The van der Waals surface area contributed by atoms with Crippen molar-refractivity contribution in [1.82, 2.24) is 13.9 Å². The number of carbonyl (C=O) groups excluding carboxylic acids is 3. The molecule has 2 aromatic rings. The van der Waals surface area contributed by atoms with E-state index < -0.39 is 17.7 Å². The molecule has 9 nitrogen and oxygen atoms in total. The van der Waals surface area contributed by atoms with Crippen molar-refractivity contribution in [1.29, 1.82) is 0 Å². The third-order valence-corrected chi connectivity index (χ3v) is 8.14. The standard InChI is InChI=1S/C17H23NO3.C7H13BrN2O2.C7H7.C4H8O.BrH.Mg.2H2S/c1-12-7-9-13(10-8-12)15(19)14-6-5-11-18(14)16(20)21-17(2,3)4;1-9(12-2)7(11)6-4-3-5-10(6)8;1-7-5-3-2-4-6-7;1-2-4-5-3-1;;;;/h7-10,14H,5-6,11H2,1-4H3;6H,3-5H2,1-2H3;3-6H,1H3;1-4H2;1H;;2*1H2/q;;-1;;;+2;;/p-1/t14-;6-;;;;;;/m00....../s1. The molecule has 3 aliphatic heterocycles. The van der Waals surface area contributed by atoms with Crippen LogP contribution in [0, 0.1) is 19.9 Å². The van der Waals surface area contributed by atoms with E-state index in [0.717, 1.165) is 44.6 Å². The Morgan fingerprint density at radius 2 is 1.39 bits per heavy atom. The number of benzene rings is 2. The van der Waals surface area contributed by atoms with Crippen molar-refractivity contribution in [3.8, 4) is 0 Å². The summed E-state index contributed by atoms with van der Waals surface area (Å²) in [6.07, 6.45) is 5.65. The monoisotopic (exact) mass is 859 g/mol. The number of nitrogens with zero attached hydrogens (tertiary/aromatic N) is 3. The Labute approximate surface area is 343 Å². The Kier molecular flexibility index (Phi) is 29.8. The predicted octanol–water partition coefficient (Wildman–Crippen LogP) is 3.80. The number of hydroxylamine groups is 2. The van der Waals surface area contributed by atoms with Gasteiger partial charge in [0.1, 0.15) is 11.6 Å². The van der Waals surface area contributed by atoms with Gasteiger partial charge in [0.2, 0.25) is 0 Å². The molecule has 2 atom stereocenters. The number of carbonyl (C=O) groups is 3. The normalized spacial score (nSPS) is 17.7. The number of amides is 2. The van der Waals surface area contributed by atoms with Crippen LogP contribution in [0.2, 0.25) is 0 Å². The maximum absolute atomic E-state index is 12.6. The predicted molar refractivity (Wildman–Crippen MR) is 206 cm³/mol. The smallest absolute Gasteiger partial charge is 1.00 e. The Hall–Kier alpha value is -0.844. The summed E-state index contributed by atoms with van der Waals surface area (Å²) >= 11 is 3.33. The molecule has 0 bridgehead atoms. The van der Waals surface area contributed by atoms with E-state index in [1.807, 2.05) is 80.2 Å². The first kappa shape index (κ1) is 52.5. The van der Waals surface area contributed by atoms with Gasteiger partial charge < -0.3 is 26.5 Å². The van der Waals surface area contributed by atoms with Crippen molar-refractivity contribution in [3.63, 3.8) is 0 Å². The molecule has 5 rings (SSSR count). The summed E-state index contributed by atoms with van der Waals surface area (Å²) in [5.74, 6) is 0.00485. The zero-order valence-corrected chi connectivity index (χ0v) is 36.7. The number of likely N-dealkylation sites (N-methyl/N-ethyl adjacent to an activating group) is 1. The van der Waals surface area contributed by atoms with Crippen LogP contribution in [0.15, 0.2) is 48.5 Å². The van der Waals surface area contributed by atoms with E-state index in [-0.39, 0.29) is 84.8 Å². The number of likely N-dealkylation sites (tertiary alicyclic amines) is 1. The van der Waals surface area contributed by atoms with Crippen LogP contribution in [0.4, 0.5) is 4.79 Å². The summed E-state index contributed by atoms with van der Waals surface area (Å²) < 4.78 is 12.2. The molecule has 0 radical (unpaired) electrons. The molecule has 3 saturated heterocycles. The maximum Gasteiger partial charge on any atom is 2.00 e. The Morgan fingerprint density at radius 3 is 1.80 bits per heavy atom. The molecule has 0 saturated carbocycles. The zero-order chi connectivity index (χ0) is 33.4. The van der Waals surface area contributed by atoms with E-state index in [4.69, 9.17) is 14.3 Å². The summed E-state index contributed by atoms with van der Waals surface area (Å²) in [6.45, 7) is 13.0. The summed E-state index contributed by atoms with van der Waals surface area (Å²) in [5.41, 5.74) is 2.51. The van der Waals surface area contributed by atoms with Gasteiger partial charge in [-0.15, -0.1) is 0 Å². The molecule has 0 unspecified atom stereocenters. The van der Waals surface area contributed by atoms with Crippen molar-refractivity contribution in [2.75, 3.05) is 40.5 Å². The molecule has 0 aromatic heterocycles. The topological polar surface area (TPSA) is 88.6 Å². The van der Waals surface area contributed by atoms with Crippen LogP contribution in [0.5, 0.6) is 0 Å². The number of aryl methyl sites for hydroxylation is 2. The fraction of sp³-hybridized carbons (Fsp3) is 0.571. The second-order valence-corrected chi connectivity index (χ2v) is 13.2. The molecule has 3 fully saturated rings. The van der Waals surface area contributed by atoms with Crippen LogP contribution in [-0.2, 0) is 19.1 Å². The third kappa shape index (κ3) is 20.1. The average molecular weight is 862 g/mol. The molecule has 49 heavy (non-hydrogen) atoms. The largest absolute Gasteiger partial charge is 2.00 e. The zero-order valence-electron chi connectivity index (χ0n) is 30.1. The van der Waals surface area contributed by atoms with Crippen molar-refractivity contribution in [3.05, 3.63) is 71.3 Å². The van der Waals surface area contributed by atoms with Gasteiger partial charge in [-0.3, -0.25) is 19.3 Å². The minimum Gasteiger partial charge on any atom is -1.00 e. The van der Waals surface area contributed by atoms with Gasteiger partial charge >= 0.3 is 29.1 Å². The molecule has 3 heterocycles. The van der Waals surface area contributed by atoms with E-state index in [9.17, 15) is 14.4 Å². The number of hydrogen-bond acceptors (Lipinski definition) is 7.